The number of hydrogen-bond donors (Lipinski definition) is 2. The molecule has 2 aromatic rings. The number of amides is 1. The summed E-state index contributed by atoms with van der Waals surface area (Å²) in [5, 5.41) is 11.4. The Hall–Kier alpha value is -2.21. The number of benzene rings is 1. The van der Waals surface area contributed by atoms with Gasteiger partial charge in [0.15, 0.2) is 0 Å². The van der Waals surface area contributed by atoms with Crippen molar-refractivity contribution in [3.8, 4) is 6.07 Å². The van der Waals surface area contributed by atoms with Crippen molar-refractivity contribution in [3.05, 3.63) is 52.4 Å². The highest BCUT2D eigenvalue weighted by Crippen LogP contribution is 2.24. The molecule has 1 amide bonds. The van der Waals surface area contributed by atoms with Crippen LogP contribution in [0.2, 0.25) is 0 Å². The molecule has 1 aromatic carbocycles. The van der Waals surface area contributed by atoms with Crippen LogP contribution in [0, 0.1) is 11.3 Å². The molecule has 24 heavy (non-hydrogen) atoms. The predicted molar refractivity (Wildman–Crippen MR) is 91.7 cm³/mol. The van der Waals surface area contributed by atoms with Gasteiger partial charge in [-0.1, -0.05) is 12.1 Å². The maximum absolute atomic E-state index is 12.5. The van der Waals surface area contributed by atoms with Gasteiger partial charge in [0.2, 0.25) is 5.91 Å². The van der Waals surface area contributed by atoms with Gasteiger partial charge in [0, 0.05) is 17.8 Å². The summed E-state index contributed by atoms with van der Waals surface area (Å²) in [5.41, 5.74) is 1.29. The highest BCUT2D eigenvalue weighted by atomic mass is 32.2. The van der Waals surface area contributed by atoms with Gasteiger partial charge in [-0.15, -0.1) is 11.3 Å². The SMILES string of the molecule is CC(=O)NCc1ccc(S(=O)(=O)NC(C)c2ccc(C#N)cc2)s1. The van der Waals surface area contributed by atoms with Crippen LogP contribution >= 0.6 is 11.3 Å². The van der Waals surface area contributed by atoms with Crippen LogP contribution in [0.1, 0.15) is 35.9 Å². The molecule has 2 N–H and O–H groups in total. The van der Waals surface area contributed by atoms with Gasteiger partial charge in [0.25, 0.3) is 10.0 Å². The Bertz CT molecular complexity index is 865. The molecular weight excluding hydrogens is 346 g/mol. The molecule has 126 valence electrons. The smallest absolute Gasteiger partial charge is 0.250 e. The lowest BCUT2D eigenvalue weighted by Crippen LogP contribution is -2.26. The Balaban J connectivity index is 2.09. The molecular formula is C16H17N3O3S2. The first-order chi connectivity index (χ1) is 11.3. The topological polar surface area (TPSA) is 99.1 Å². The first-order valence-corrected chi connectivity index (χ1v) is 9.47. The van der Waals surface area contributed by atoms with E-state index in [1.54, 1.807) is 37.3 Å². The number of sulfonamides is 1. The van der Waals surface area contributed by atoms with Gasteiger partial charge in [-0.05, 0) is 36.8 Å². The Morgan fingerprint density at radius 1 is 1.25 bits per heavy atom. The van der Waals surface area contributed by atoms with Gasteiger partial charge < -0.3 is 5.32 Å². The van der Waals surface area contributed by atoms with Crippen molar-refractivity contribution in [2.75, 3.05) is 0 Å². The minimum Gasteiger partial charge on any atom is -0.351 e. The van der Waals surface area contributed by atoms with E-state index >= 15 is 0 Å². The largest absolute Gasteiger partial charge is 0.351 e. The molecule has 6 nitrogen and oxygen atoms in total. The molecule has 1 heterocycles. The third kappa shape index (κ3) is 4.64. The standard InChI is InChI=1S/C16H17N3O3S2/c1-11(14-5-3-13(9-17)4-6-14)19-24(21,22)16-8-7-15(23-16)10-18-12(2)20/h3-8,11,19H,10H2,1-2H3,(H,18,20). The summed E-state index contributed by atoms with van der Waals surface area (Å²) in [6.45, 7) is 3.46. The van der Waals surface area contributed by atoms with Gasteiger partial charge in [-0.2, -0.15) is 5.26 Å². The Kier molecular flexibility index (Phi) is 5.72. The van der Waals surface area contributed by atoms with Crippen LogP contribution in [0.4, 0.5) is 0 Å². The van der Waals surface area contributed by atoms with E-state index in [9.17, 15) is 13.2 Å². The normalized spacial score (nSPS) is 12.4. The number of nitriles is 1. The summed E-state index contributed by atoms with van der Waals surface area (Å²) in [7, 11) is -3.65. The zero-order valence-electron chi connectivity index (χ0n) is 13.2. The lowest BCUT2D eigenvalue weighted by atomic mass is 10.1. The molecule has 8 heteroatoms. The number of nitrogens with one attached hydrogen (secondary N) is 2. The Labute approximate surface area is 145 Å². The Morgan fingerprint density at radius 2 is 1.92 bits per heavy atom. The number of carbonyl (C=O) groups excluding carboxylic acids is 1. The molecule has 0 aliphatic carbocycles. The van der Waals surface area contributed by atoms with Crippen LogP contribution in [0.15, 0.2) is 40.6 Å². The van der Waals surface area contributed by atoms with E-state index in [0.717, 1.165) is 21.8 Å². The summed E-state index contributed by atoms with van der Waals surface area (Å²) in [4.78, 5) is 11.7. The van der Waals surface area contributed by atoms with Crippen LogP contribution in [0.3, 0.4) is 0 Å². The van der Waals surface area contributed by atoms with Crippen LogP contribution < -0.4 is 10.0 Å². The second kappa shape index (κ2) is 7.57. The van der Waals surface area contributed by atoms with Gasteiger partial charge >= 0.3 is 0 Å². The fourth-order valence-electron chi connectivity index (χ4n) is 2.01. The number of thiophene rings is 1. The Morgan fingerprint density at radius 3 is 2.50 bits per heavy atom. The quantitative estimate of drug-likeness (QED) is 0.822. The molecule has 1 aromatic heterocycles. The minimum absolute atomic E-state index is 0.166. The fourth-order valence-corrected chi connectivity index (χ4v) is 4.56. The van der Waals surface area contributed by atoms with E-state index in [4.69, 9.17) is 5.26 Å². The molecule has 1 unspecified atom stereocenters. The van der Waals surface area contributed by atoms with Gasteiger partial charge in [0.1, 0.15) is 4.21 Å². The number of rotatable bonds is 6. The number of hydrogen-bond acceptors (Lipinski definition) is 5. The molecule has 0 fully saturated rings. The van der Waals surface area contributed by atoms with E-state index in [2.05, 4.69) is 10.0 Å². The van der Waals surface area contributed by atoms with Crippen LogP contribution in [-0.4, -0.2) is 14.3 Å². The predicted octanol–water partition coefficient (Wildman–Crippen LogP) is 2.30. The van der Waals surface area contributed by atoms with E-state index in [1.807, 2.05) is 6.07 Å². The average molecular weight is 363 g/mol. The number of nitrogens with zero attached hydrogens (tertiary/aromatic N) is 1. The zero-order chi connectivity index (χ0) is 17.7. The summed E-state index contributed by atoms with van der Waals surface area (Å²) in [5.74, 6) is -0.166. The first kappa shape index (κ1) is 18.1. The van der Waals surface area contributed by atoms with E-state index in [-0.39, 0.29) is 10.1 Å². The monoisotopic (exact) mass is 363 g/mol. The van der Waals surface area contributed by atoms with Crippen LogP contribution in [0.5, 0.6) is 0 Å². The maximum Gasteiger partial charge on any atom is 0.250 e. The van der Waals surface area contributed by atoms with Crippen molar-refractivity contribution < 1.29 is 13.2 Å². The first-order valence-electron chi connectivity index (χ1n) is 7.17. The lowest BCUT2D eigenvalue weighted by molar-refractivity contribution is -0.119. The van der Waals surface area contributed by atoms with Crippen molar-refractivity contribution in [3.63, 3.8) is 0 Å². The summed E-state index contributed by atoms with van der Waals surface area (Å²) in [6.07, 6.45) is 0. The summed E-state index contributed by atoms with van der Waals surface area (Å²) < 4.78 is 27.7. The van der Waals surface area contributed by atoms with Crippen molar-refractivity contribution in [2.24, 2.45) is 0 Å². The van der Waals surface area contributed by atoms with Crippen molar-refractivity contribution >= 4 is 27.3 Å². The third-order valence-electron chi connectivity index (χ3n) is 3.29. The molecule has 0 bridgehead atoms. The van der Waals surface area contributed by atoms with Crippen LogP contribution in [0.25, 0.3) is 0 Å². The van der Waals surface area contributed by atoms with Crippen LogP contribution in [-0.2, 0) is 21.4 Å². The molecule has 0 spiro atoms. The van der Waals surface area contributed by atoms with Gasteiger partial charge in [-0.3, -0.25) is 4.79 Å². The third-order valence-corrected chi connectivity index (χ3v) is 6.40. The van der Waals surface area contributed by atoms with E-state index in [0.29, 0.717) is 12.1 Å². The van der Waals surface area contributed by atoms with E-state index < -0.39 is 16.1 Å². The zero-order valence-corrected chi connectivity index (χ0v) is 14.9. The van der Waals surface area contributed by atoms with Crippen molar-refractivity contribution in [1.29, 1.82) is 5.26 Å². The highest BCUT2D eigenvalue weighted by Gasteiger charge is 2.20. The fraction of sp³-hybridized carbons (Fsp3) is 0.250. The van der Waals surface area contributed by atoms with Crippen molar-refractivity contribution in [2.45, 2.75) is 30.6 Å². The molecule has 1 atom stereocenters. The molecule has 0 aliphatic rings. The number of carbonyl (C=O) groups is 1. The van der Waals surface area contributed by atoms with Crippen molar-refractivity contribution in [1.82, 2.24) is 10.0 Å². The molecule has 0 radical (unpaired) electrons. The van der Waals surface area contributed by atoms with Gasteiger partial charge in [-0.25, -0.2) is 13.1 Å². The second-order valence-electron chi connectivity index (χ2n) is 5.21. The summed E-state index contributed by atoms with van der Waals surface area (Å²) in [6, 6.07) is 11.5. The average Bonchev–Trinajstić information content (AvgIpc) is 3.02. The molecule has 0 aliphatic heterocycles. The lowest BCUT2D eigenvalue weighted by Gasteiger charge is -2.13. The summed E-state index contributed by atoms with van der Waals surface area (Å²) >= 11 is 1.12. The maximum atomic E-state index is 12.5. The molecule has 2 rings (SSSR count). The second-order valence-corrected chi connectivity index (χ2v) is 8.32. The minimum atomic E-state index is -3.65. The van der Waals surface area contributed by atoms with Gasteiger partial charge in [0.05, 0.1) is 18.2 Å². The van der Waals surface area contributed by atoms with E-state index in [1.165, 1.54) is 13.0 Å². The highest BCUT2D eigenvalue weighted by molar-refractivity contribution is 7.91. The molecule has 0 saturated heterocycles. The molecule has 0 saturated carbocycles.